The van der Waals surface area contributed by atoms with Crippen molar-refractivity contribution in [1.29, 1.82) is 0 Å². The van der Waals surface area contributed by atoms with Gasteiger partial charge in [0.1, 0.15) is 29.8 Å². The molecule has 0 unspecified atom stereocenters. The standard InChI is InChI=1S/C25H26N2O4/c1-18(29)25-26-13-14-27(25)22(16-28)9-4-19-2-5-20(6-3-19)21-7-10-23(11-8-21)31-24-12-15-30-17-24/h2-3,5-8,10-11,13-14,18,22,24,28-29H,12,15-17H2,1H3/t18-,22-,24+/m0/s1. The molecule has 2 aromatic carbocycles. The molecule has 0 bridgehead atoms. The van der Waals surface area contributed by atoms with Gasteiger partial charge in [-0.1, -0.05) is 36.1 Å². The number of imidazole rings is 1. The zero-order chi connectivity index (χ0) is 21.6. The van der Waals surface area contributed by atoms with E-state index in [1.165, 1.54) is 0 Å². The predicted octanol–water partition coefficient (Wildman–Crippen LogP) is 3.36. The fraction of sp³-hybridized carbons (Fsp3) is 0.320. The van der Waals surface area contributed by atoms with Crippen LogP contribution in [0.1, 0.15) is 36.9 Å². The molecule has 0 aliphatic carbocycles. The van der Waals surface area contributed by atoms with Gasteiger partial charge in [-0.25, -0.2) is 4.98 Å². The Morgan fingerprint density at radius 1 is 1.16 bits per heavy atom. The van der Waals surface area contributed by atoms with Gasteiger partial charge in [0.2, 0.25) is 0 Å². The summed E-state index contributed by atoms with van der Waals surface area (Å²) in [6.45, 7) is 2.90. The van der Waals surface area contributed by atoms with Crippen LogP contribution in [-0.2, 0) is 4.74 Å². The van der Waals surface area contributed by atoms with Crippen molar-refractivity contribution in [2.45, 2.75) is 31.6 Å². The normalized spacial score (nSPS) is 17.6. The number of nitrogens with zero attached hydrogens (tertiary/aromatic N) is 2. The van der Waals surface area contributed by atoms with Crippen LogP contribution in [-0.4, -0.2) is 45.7 Å². The first kappa shape index (κ1) is 21.1. The maximum Gasteiger partial charge on any atom is 0.138 e. The smallest absolute Gasteiger partial charge is 0.138 e. The van der Waals surface area contributed by atoms with E-state index in [4.69, 9.17) is 9.47 Å². The molecule has 6 heteroatoms. The Hall–Kier alpha value is -3.11. The number of aliphatic hydroxyl groups is 2. The Morgan fingerprint density at radius 2 is 1.87 bits per heavy atom. The second-order valence-electron chi connectivity index (χ2n) is 7.54. The molecule has 2 heterocycles. The molecule has 6 nitrogen and oxygen atoms in total. The minimum atomic E-state index is -0.728. The third kappa shape index (κ3) is 5.15. The first-order chi connectivity index (χ1) is 15.1. The van der Waals surface area contributed by atoms with Crippen LogP contribution in [0, 0.1) is 11.8 Å². The molecule has 3 aromatic rings. The lowest BCUT2D eigenvalue weighted by molar-refractivity contribution is 0.141. The lowest BCUT2D eigenvalue weighted by atomic mass is 10.0. The zero-order valence-electron chi connectivity index (χ0n) is 17.4. The minimum absolute atomic E-state index is 0.144. The van der Waals surface area contributed by atoms with Gasteiger partial charge in [0.05, 0.1) is 19.8 Å². The van der Waals surface area contributed by atoms with Gasteiger partial charge >= 0.3 is 0 Å². The van der Waals surface area contributed by atoms with Gasteiger partial charge in [-0.2, -0.15) is 0 Å². The lowest BCUT2D eigenvalue weighted by Crippen LogP contribution is -2.15. The summed E-state index contributed by atoms with van der Waals surface area (Å²) >= 11 is 0. The van der Waals surface area contributed by atoms with E-state index >= 15 is 0 Å². The highest BCUT2D eigenvalue weighted by Gasteiger charge is 2.17. The first-order valence-corrected chi connectivity index (χ1v) is 10.4. The fourth-order valence-electron chi connectivity index (χ4n) is 3.55. The van der Waals surface area contributed by atoms with E-state index in [0.29, 0.717) is 12.4 Å². The number of hydrogen-bond donors (Lipinski definition) is 2. The van der Waals surface area contributed by atoms with Crippen molar-refractivity contribution < 1.29 is 19.7 Å². The average Bonchev–Trinajstić information content (AvgIpc) is 3.48. The van der Waals surface area contributed by atoms with Gasteiger partial charge in [0.15, 0.2) is 0 Å². The summed E-state index contributed by atoms with van der Waals surface area (Å²) in [5, 5.41) is 19.6. The molecule has 1 aromatic heterocycles. The van der Waals surface area contributed by atoms with Crippen LogP contribution in [0.4, 0.5) is 0 Å². The molecule has 1 fully saturated rings. The number of aliphatic hydroxyl groups excluding tert-OH is 2. The number of rotatable bonds is 6. The van der Waals surface area contributed by atoms with Crippen molar-refractivity contribution in [1.82, 2.24) is 9.55 Å². The maximum absolute atomic E-state index is 9.82. The van der Waals surface area contributed by atoms with E-state index in [9.17, 15) is 10.2 Å². The Bertz CT molecular complexity index is 1040. The van der Waals surface area contributed by atoms with E-state index in [0.717, 1.165) is 35.5 Å². The van der Waals surface area contributed by atoms with Crippen LogP contribution >= 0.6 is 0 Å². The fourth-order valence-corrected chi connectivity index (χ4v) is 3.55. The van der Waals surface area contributed by atoms with E-state index < -0.39 is 12.1 Å². The van der Waals surface area contributed by atoms with Crippen molar-refractivity contribution in [2.24, 2.45) is 0 Å². The molecular weight excluding hydrogens is 392 g/mol. The monoisotopic (exact) mass is 418 g/mol. The quantitative estimate of drug-likeness (QED) is 0.601. The Kier molecular flexibility index (Phi) is 6.68. The van der Waals surface area contributed by atoms with Gasteiger partial charge in [-0.05, 0) is 42.3 Å². The summed E-state index contributed by atoms with van der Waals surface area (Å²) in [5.41, 5.74) is 3.04. The Morgan fingerprint density at radius 3 is 2.48 bits per heavy atom. The molecule has 160 valence electrons. The molecule has 3 atom stereocenters. The number of benzene rings is 2. The van der Waals surface area contributed by atoms with Crippen molar-refractivity contribution >= 4 is 0 Å². The topological polar surface area (TPSA) is 76.7 Å². The number of aromatic nitrogens is 2. The molecule has 0 radical (unpaired) electrons. The first-order valence-electron chi connectivity index (χ1n) is 10.4. The van der Waals surface area contributed by atoms with Crippen molar-refractivity contribution in [3.05, 3.63) is 72.3 Å². The SMILES string of the molecule is C[C@H](O)c1nccn1[C@@H](C#Cc1ccc(-c2ccc(O[C@@H]3CCOC3)cc2)cc1)CO. The molecule has 2 N–H and O–H groups in total. The molecule has 0 spiro atoms. The van der Waals surface area contributed by atoms with Crippen molar-refractivity contribution in [3.63, 3.8) is 0 Å². The lowest BCUT2D eigenvalue weighted by Gasteiger charge is -2.14. The summed E-state index contributed by atoms with van der Waals surface area (Å²) in [6, 6.07) is 15.6. The van der Waals surface area contributed by atoms with Crippen LogP contribution in [0.15, 0.2) is 60.9 Å². The highest BCUT2D eigenvalue weighted by molar-refractivity contribution is 5.65. The average molecular weight is 418 g/mol. The van der Waals surface area contributed by atoms with Crippen LogP contribution in [0.2, 0.25) is 0 Å². The van der Waals surface area contributed by atoms with Gasteiger partial charge in [0.25, 0.3) is 0 Å². The van der Waals surface area contributed by atoms with Crippen LogP contribution < -0.4 is 4.74 Å². The second kappa shape index (κ2) is 9.80. The van der Waals surface area contributed by atoms with Crippen LogP contribution in [0.25, 0.3) is 11.1 Å². The zero-order valence-corrected chi connectivity index (χ0v) is 17.4. The van der Waals surface area contributed by atoms with Gasteiger partial charge in [0, 0.05) is 24.4 Å². The third-order valence-electron chi connectivity index (χ3n) is 5.23. The van der Waals surface area contributed by atoms with Gasteiger partial charge in [-0.3, -0.25) is 0 Å². The molecule has 0 amide bonds. The van der Waals surface area contributed by atoms with Crippen LogP contribution in [0.3, 0.4) is 0 Å². The van der Waals surface area contributed by atoms with Gasteiger partial charge < -0.3 is 24.3 Å². The largest absolute Gasteiger partial charge is 0.488 e. The minimum Gasteiger partial charge on any atom is -0.488 e. The summed E-state index contributed by atoms with van der Waals surface area (Å²) in [4.78, 5) is 4.14. The van der Waals surface area contributed by atoms with Crippen LogP contribution in [0.5, 0.6) is 5.75 Å². The summed E-state index contributed by atoms with van der Waals surface area (Å²) < 4.78 is 13.0. The van der Waals surface area contributed by atoms with E-state index in [2.05, 4.69) is 16.8 Å². The molecular formula is C25H26N2O4. The molecule has 4 rings (SSSR count). The second-order valence-corrected chi connectivity index (χ2v) is 7.54. The number of ether oxygens (including phenoxy) is 2. The van der Waals surface area contributed by atoms with Gasteiger partial charge in [-0.15, -0.1) is 0 Å². The van der Waals surface area contributed by atoms with E-state index in [1.54, 1.807) is 23.9 Å². The number of hydrogen-bond acceptors (Lipinski definition) is 5. The maximum atomic E-state index is 9.82. The van der Waals surface area contributed by atoms with Crippen molar-refractivity contribution in [3.8, 4) is 28.7 Å². The molecule has 1 saturated heterocycles. The molecule has 31 heavy (non-hydrogen) atoms. The van der Waals surface area contributed by atoms with Crippen molar-refractivity contribution in [2.75, 3.05) is 19.8 Å². The summed E-state index contributed by atoms with van der Waals surface area (Å²) in [6.07, 6.45) is 3.66. The molecule has 1 aliphatic rings. The highest BCUT2D eigenvalue weighted by Crippen LogP contribution is 2.24. The molecule has 1 aliphatic heterocycles. The Labute approximate surface area is 182 Å². The third-order valence-corrected chi connectivity index (χ3v) is 5.23. The van der Waals surface area contributed by atoms with E-state index in [-0.39, 0.29) is 12.7 Å². The highest BCUT2D eigenvalue weighted by atomic mass is 16.5. The molecule has 0 saturated carbocycles. The van der Waals surface area contributed by atoms with E-state index in [1.807, 2.05) is 48.5 Å². The predicted molar refractivity (Wildman–Crippen MR) is 118 cm³/mol. The Balaban J connectivity index is 1.44. The summed E-state index contributed by atoms with van der Waals surface area (Å²) in [7, 11) is 0. The summed E-state index contributed by atoms with van der Waals surface area (Å²) in [5.74, 6) is 7.51.